The molecule has 1 rings (SSSR count). The topological polar surface area (TPSA) is 0 Å². The lowest BCUT2D eigenvalue weighted by Crippen LogP contribution is -1.87. The van der Waals surface area contributed by atoms with Crippen LogP contribution in [-0.2, 0) is 12.8 Å². The maximum Gasteiger partial charge on any atom is 0.00773 e. The molecule has 0 amide bonds. The molecule has 0 bridgehead atoms. The van der Waals surface area contributed by atoms with Crippen LogP contribution in [0.2, 0.25) is 0 Å². The van der Waals surface area contributed by atoms with Gasteiger partial charge in [-0.05, 0) is 41.9 Å². The monoisotopic (exact) mass is 194 g/mol. The minimum Gasteiger partial charge on any atom is -0.126 e. The molecule has 0 saturated heterocycles. The van der Waals surface area contributed by atoms with Crippen molar-refractivity contribution in [3.8, 4) is 0 Å². The van der Waals surface area contributed by atoms with Gasteiger partial charge in [0.05, 0.1) is 0 Å². The van der Waals surface area contributed by atoms with Crippen molar-refractivity contribution in [3.05, 3.63) is 29.3 Å². The summed E-state index contributed by atoms with van der Waals surface area (Å²) < 4.78 is 0. The van der Waals surface area contributed by atoms with Crippen LogP contribution in [0, 0.1) is 0 Å². The van der Waals surface area contributed by atoms with E-state index in [4.69, 9.17) is 0 Å². The number of hydrogen-bond acceptors (Lipinski definition) is 1. The molecule has 0 fully saturated rings. The quantitative estimate of drug-likeness (QED) is 0.655. The summed E-state index contributed by atoms with van der Waals surface area (Å²) in [5.74, 6) is 1.16. The zero-order valence-corrected chi connectivity index (χ0v) is 9.58. The number of thioether (sulfide) groups is 1. The molecule has 13 heavy (non-hydrogen) atoms. The smallest absolute Gasteiger partial charge is 0.00773 e. The fourth-order valence-corrected chi connectivity index (χ4v) is 2.19. The molecule has 0 unspecified atom stereocenters. The molecule has 1 aromatic rings. The molecular weight excluding hydrogens is 176 g/mol. The zero-order valence-electron chi connectivity index (χ0n) is 8.76. The van der Waals surface area contributed by atoms with Crippen LogP contribution < -0.4 is 0 Å². The molecule has 0 nitrogen and oxygen atoms in total. The molecule has 0 radical (unpaired) electrons. The molecule has 1 heteroatoms. The highest BCUT2D eigenvalue weighted by atomic mass is 32.2. The van der Waals surface area contributed by atoms with Crippen molar-refractivity contribution >= 4 is 11.8 Å². The molecule has 0 spiro atoms. The minimum absolute atomic E-state index is 1.14. The van der Waals surface area contributed by atoms with Crippen LogP contribution in [0.3, 0.4) is 0 Å². The molecule has 0 aliphatic heterocycles. The largest absolute Gasteiger partial charge is 0.126 e. The molecular formula is C12H18S. The zero-order chi connectivity index (χ0) is 9.68. The Hall–Kier alpha value is -0.430. The first kappa shape index (κ1) is 10.6. The third kappa shape index (κ3) is 3.07. The average Bonchev–Trinajstić information content (AvgIpc) is 2.17. The second kappa shape index (κ2) is 5.33. The Labute approximate surface area is 85.7 Å². The van der Waals surface area contributed by atoms with E-state index in [1.165, 1.54) is 16.0 Å². The van der Waals surface area contributed by atoms with E-state index in [2.05, 4.69) is 39.0 Å². The third-order valence-electron chi connectivity index (χ3n) is 2.15. The molecule has 0 aliphatic rings. The number of hydrogen-bond donors (Lipinski definition) is 0. The molecule has 0 N–H and O–H groups in total. The van der Waals surface area contributed by atoms with E-state index in [0.29, 0.717) is 0 Å². The van der Waals surface area contributed by atoms with E-state index >= 15 is 0 Å². The predicted octanol–water partition coefficient (Wildman–Crippen LogP) is 3.92. The van der Waals surface area contributed by atoms with E-state index in [9.17, 15) is 0 Å². The molecule has 0 atom stereocenters. The van der Waals surface area contributed by atoms with Gasteiger partial charge in [-0.3, -0.25) is 0 Å². The van der Waals surface area contributed by atoms with Crippen molar-refractivity contribution in [2.24, 2.45) is 0 Å². The van der Waals surface area contributed by atoms with Crippen LogP contribution in [0.5, 0.6) is 0 Å². The van der Waals surface area contributed by atoms with Crippen molar-refractivity contribution in [2.45, 2.75) is 38.5 Å². The minimum atomic E-state index is 1.14. The Kier molecular flexibility index (Phi) is 4.37. The van der Waals surface area contributed by atoms with Gasteiger partial charge >= 0.3 is 0 Å². The van der Waals surface area contributed by atoms with E-state index < -0.39 is 0 Å². The maximum absolute atomic E-state index is 2.32. The van der Waals surface area contributed by atoms with E-state index in [1.54, 1.807) is 0 Å². The van der Waals surface area contributed by atoms with Gasteiger partial charge in [-0.25, -0.2) is 0 Å². The first-order valence-corrected chi connectivity index (χ1v) is 6.04. The van der Waals surface area contributed by atoms with Crippen molar-refractivity contribution in [2.75, 3.05) is 5.75 Å². The van der Waals surface area contributed by atoms with Crippen LogP contribution in [0.25, 0.3) is 0 Å². The number of benzene rings is 1. The van der Waals surface area contributed by atoms with Gasteiger partial charge in [0.25, 0.3) is 0 Å². The lowest BCUT2D eigenvalue weighted by molar-refractivity contribution is 1.06. The van der Waals surface area contributed by atoms with Gasteiger partial charge in [0, 0.05) is 4.90 Å². The fourth-order valence-electron chi connectivity index (χ4n) is 1.39. The maximum atomic E-state index is 2.32. The second-order valence-electron chi connectivity index (χ2n) is 3.13. The lowest BCUT2D eigenvalue weighted by Gasteiger charge is -2.05. The van der Waals surface area contributed by atoms with Gasteiger partial charge in [-0.2, -0.15) is 0 Å². The SMILES string of the molecule is CCSc1cc(CC)cc(CC)c1. The van der Waals surface area contributed by atoms with Gasteiger partial charge in [0.1, 0.15) is 0 Å². The summed E-state index contributed by atoms with van der Waals surface area (Å²) >= 11 is 1.93. The summed E-state index contributed by atoms with van der Waals surface area (Å²) in [4.78, 5) is 1.43. The molecule has 0 aromatic heterocycles. The highest BCUT2D eigenvalue weighted by Crippen LogP contribution is 2.21. The summed E-state index contributed by atoms with van der Waals surface area (Å²) in [7, 11) is 0. The molecule has 72 valence electrons. The Morgan fingerprint density at radius 1 is 0.923 bits per heavy atom. The van der Waals surface area contributed by atoms with Gasteiger partial charge in [-0.15, -0.1) is 11.8 Å². The summed E-state index contributed by atoms with van der Waals surface area (Å²) in [6.07, 6.45) is 2.29. The highest BCUT2D eigenvalue weighted by molar-refractivity contribution is 7.99. The van der Waals surface area contributed by atoms with E-state index in [0.717, 1.165) is 18.6 Å². The molecule has 0 saturated carbocycles. The first-order valence-electron chi connectivity index (χ1n) is 5.05. The van der Waals surface area contributed by atoms with Crippen LogP contribution in [-0.4, -0.2) is 5.75 Å². The van der Waals surface area contributed by atoms with E-state index in [-0.39, 0.29) is 0 Å². The first-order chi connectivity index (χ1) is 6.30. The standard InChI is InChI=1S/C12H18S/c1-4-10-7-11(5-2)9-12(8-10)13-6-3/h7-9H,4-6H2,1-3H3. The Morgan fingerprint density at radius 3 is 1.85 bits per heavy atom. The Bertz CT molecular complexity index is 244. The predicted molar refractivity (Wildman–Crippen MR) is 61.6 cm³/mol. The summed E-state index contributed by atoms with van der Waals surface area (Å²) in [5.41, 5.74) is 2.94. The third-order valence-corrected chi connectivity index (χ3v) is 3.01. The van der Waals surface area contributed by atoms with Crippen LogP contribution in [0.1, 0.15) is 31.9 Å². The van der Waals surface area contributed by atoms with E-state index in [1.807, 2.05) is 11.8 Å². The second-order valence-corrected chi connectivity index (χ2v) is 4.46. The summed E-state index contributed by atoms with van der Waals surface area (Å²) in [6.45, 7) is 6.64. The number of rotatable bonds is 4. The lowest BCUT2D eigenvalue weighted by atomic mass is 10.1. The summed E-state index contributed by atoms with van der Waals surface area (Å²) in [5, 5.41) is 0. The molecule has 0 aliphatic carbocycles. The van der Waals surface area contributed by atoms with Gasteiger partial charge in [-0.1, -0.05) is 26.8 Å². The van der Waals surface area contributed by atoms with Gasteiger partial charge in [0.2, 0.25) is 0 Å². The Balaban J connectivity index is 2.93. The summed E-state index contributed by atoms with van der Waals surface area (Å²) in [6, 6.07) is 6.94. The molecule has 1 aromatic carbocycles. The van der Waals surface area contributed by atoms with Crippen LogP contribution in [0.4, 0.5) is 0 Å². The number of aryl methyl sites for hydroxylation is 2. The van der Waals surface area contributed by atoms with Crippen LogP contribution >= 0.6 is 11.8 Å². The normalized spacial score (nSPS) is 10.4. The van der Waals surface area contributed by atoms with Crippen molar-refractivity contribution in [1.82, 2.24) is 0 Å². The van der Waals surface area contributed by atoms with Gasteiger partial charge in [0.15, 0.2) is 0 Å². The average molecular weight is 194 g/mol. The van der Waals surface area contributed by atoms with Gasteiger partial charge < -0.3 is 0 Å². The van der Waals surface area contributed by atoms with Crippen LogP contribution in [0.15, 0.2) is 23.1 Å². The van der Waals surface area contributed by atoms with Crippen molar-refractivity contribution in [1.29, 1.82) is 0 Å². The highest BCUT2D eigenvalue weighted by Gasteiger charge is 1.98. The molecule has 0 heterocycles. The van der Waals surface area contributed by atoms with Crippen molar-refractivity contribution in [3.63, 3.8) is 0 Å². The fraction of sp³-hybridized carbons (Fsp3) is 0.500. The van der Waals surface area contributed by atoms with Crippen molar-refractivity contribution < 1.29 is 0 Å². The Morgan fingerprint density at radius 2 is 1.46 bits per heavy atom.